The van der Waals surface area contributed by atoms with Gasteiger partial charge in [-0.05, 0) is 12.1 Å². The van der Waals surface area contributed by atoms with Gasteiger partial charge in [-0.2, -0.15) is 35.1 Å². The number of pyridine rings is 2. The van der Waals surface area contributed by atoms with Crippen LogP contribution in [0, 0.1) is 12.4 Å². The third-order valence-electron chi connectivity index (χ3n) is 4.19. The van der Waals surface area contributed by atoms with Crippen LogP contribution in [0.4, 0.5) is 35.1 Å². The number of hydrogen-bond acceptors (Lipinski definition) is 4. The Labute approximate surface area is 198 Å². The van der Waals surface area contributed by atoms with Crippen LogP contribution in [0.1, 0.15) is 22.8 Å². The van der Waals surface area contributed by atoms with Crippen molar-refractivity contribution < 1.29 is 55.5 Å². The van der Waals surface area contributed by atoms with Crippen LogP contribution in [-0.4, -0.2) is 29.5 Å². The van der Waals surface area contributed by atoms with Crippen molar-refractivity contribution in [1.82, 2.24) is 29.5 Å². The second-order valence-electron chi connectivity index (χ2n) is 6.47. The van der Waals surface area contributed by atoms with Crippen molar-refractivity contribution in [2.75, 3.05) is 0 Å². The van der Waals surface area contributed by atoms with Crippen LogP contribution in [-0.2, 0) is 38.7 Å². The summed E-state index contributed by atoms with van der Waals surface area (Å²) in [6.07, 6.45) is -5.23. The summed E-state index contributed by atoms with van der Waals surface area (Å²) >= 11 is 0. The van der Waals surface area contributed by atoms with Gasteiger partial charge in [0.15, 0.2) is 0 Å². The van der Waals surface area contributed by atoms with Crippen molar-refractivity contribution >= 4 is 0 Å². The van der Waals surface area contributed by atoms with Gasteiger partial charge in [-0.3, -0.25) is 20.2 Å². The van der Waals surface area contributed by atoms with Crippen LogP contribution < -0.4 is 0 Å². The molecule has 15 heteroatoms. The number of alkyl halides is 8. The molecule has 0 spiro atoms. The summed E-state index contributed by atoms with van der Waals surface area (Å²) in [5.41, 5.74) is -4.35. The molecule has 0 N–H and O–H groups in total. The molecular formula is C19H8F8N6Pd. The van der Waals surface area contributed by atoms with E-state index >= 15 is 8.78 Å². The quantitative estimate of drug-likeness (QED) is 0.201. The molecule has 34 heavy (non-hydrogen) atoms. The summed E-state index contributed by atoms with van der Waals surface area (Å²) < 4.78 is 108. The van der Waals surface area contributed by atoms with Crippen molar-refractivity contribution in [2.24, 2.45) is 0 Å². The fourth-order valence-corrected chi connectivity index (χ4v) is 2.65. The first-order valence-electron chi connectivity index (χ1n) is 8.79. The molecule has 0 aliphatic carbocycles. The van der Waals surface area contributed by atoms with Gasteiger partial charge < -0.3 is 9.36 Å². The maximum atomic E-state index is 15.1. The van der Waals surface area contributed by atoms with Gasteiger partial charge in [0.2, 0.25) is 0 Å². The minimum atomic E-state index is -4.76. The minimum Gasteiger partial charge on any atom is -0.343 e. The molecule has 0 saturated carbocycles. The number of rotatable bonds is 4. The molecule has 4 rings (SSSR count). The molecule has 0 aliphatic rings. The van der Waals surface area contributed by atoms with E-state index in [0.29, 0.717) is 21.5 Å². The maximum absolute atomic E-state index is 15.1. The molecule has 180 valence electrons. The van der Waals surface area contributed by atoms with E-state index in [4.69, 9.17) is 0 Å². The van der Waals surface area contributed by atoms with E-state index < -0.39 is 41.1 Å². The molecule has 0 unspecified atom stereocenters. The van der Waals surface area contributed by atoms with Crippen LogP contribution in [0.15, 0.2) is 48.5 Å². The monoisotopic (exact) mass is 578 g/mol. The van der Waals surface area contributed by atoms with Crippen LogP contribution in [0.5, 0.6) is 0 Å². The third-order valence-corrected chi connectivity index (χ3v) is 4.19. The zero-order valence-electron chi connectivity index (χ0n) is 16.1. The molecule has 0 aliphatic heterocycles. The van der Waals surface area contributed by atoms with Crippen LogP contribution in [0.25, 0.3) is 11.6 Å². The van der Waals surface area contributed by atoms with Gasteiger partial charge in [-0.15, -0.1) is 12.1 Å². The molecule has 0 amide bonds. The second kappa shape index (κ2) is 8.88. The van der Waals surface area contributed by atoms with E-state index in [-0.39, 0.29) is 32.1 Å². The molecule has 0 fully saturated rings. The maximum Gasteiger partial charge on any atom is 2.00 e. The van der Waals surface area contributed by atoms with Crippen LogP contribution >= 0.6 is 0 Å². The Hall–Kier alpha value is -3.18. The molecule has 4 heterocycles. The van der Waals surface area contributed by atoms with E-state index in [1.807, 2.05) is 0 Å². The summed E-state index contributed by atoms with van der Waals surface area (Å²) in [6.45, 7) is 0. The minimum absolute atomic E-state index is 0. The summed E-state index contributed by atoms with van der Waals surface area (Å²) in [7, 11) is 0. The first-order valence-corrected chi connectivity index (χ1v) is 8.79. The zero-order valence-corrected chi connectivity index (χ0v) is 17.7. The Balaban J connectivity index is 0.00000324. The van der Waals surface area contributed by atoms with Gasteiger partial charge in [-0.25, -0.2) is 0 Å². The summed E-state index contributed by atoms with van der Waals surface area (Å²) in [5, 5.41) is 6.46. The first kappa shape index (κ1) is 25.4. The molecule has 4 aromatic rings. The topological polar surface area (TPSA) is 61.4 Å². The molecule has 0 aromatic carbocycles. The normalized spacial score (nSPS) is 12.5. The van der Waals surface area contributed by atoms with Crippen molar-refractivity contribution in [2.45, 2.75) is 18.3 Å². The van der Waals surface area contributed by atoms with Gasteiger partial charge in [0.1, 0.15) is 11.4 Å². The molecular weight excluding hydrogens is 571 g/mol. The van der Waals surface area contributed by atoms with E-state index in [2.05, 4.69) is 32.6 Å². The molecule has 0 saturated heterocycles. The average molecular weight is 579 g/mol. The van der Waals surface area contributed by atoms with Gasteiger partial charge >= 0.3 is 38.7 Å². The number of aromatic nitrogens is 6. The summed E-state index contributed by atoms with van der Waals surface area (Å²) in [4.78, 5) is 7.32. The fraction of sp³-hybridized carbons (Fsp3) is 0.158. The van der Waals surface area contributed by atoms with Crippen molar-refractivity contribution in [1.29, 1.82) is 0 Å². The molecule has 0 atom stereocenters. The average Bonchev–Trinajstić information content (AvgIpc) is 3.44. The Morgan fingerprint density at radius 1 is 0.588 bits per heavy atom. The van der Waals surface area contributed by atoms with Gasteiger partial charge in [-0.1, -0.05) is 36.7 Å². The molecule has 6 nitrogen and oxygen atoms in total. The van der Waals surface area contributed by atoms with Gasteiger partial charge in [0, 0.05) is 0 Å². The van der Waals surface area contributed by atoms with Crippen molar-refractivity contribution in [3.63, 3.8) is 0 Å². The Morgan fingerprint density at radius 3 is 1.29 bits per heavy atom. The summed E-state index contributed by atoms with van der Waals surface area (Å²) in [5.74, 6) is -4.60. The van der Waals surface area contributed by atoms with E-state index in [1.165, 1.54) is 0 Å². The van der Waals surface area contributed by atoms with E-state index in [9.17, 15) is 26.3 Å². The van der Waals surface area contributed by atoms with E-state index in [0.717, 1.165) is 36.4 Å². The number of nitrogens with zero attached hydrogens (tertiary/aromatic N) is 6. The Kier molecular flexibility index (Phi) is 6.65. The zero-order chi connectivity index (χ0) is 24.0. The molecule has 0 radical (unpaired) electrons. The largest absolute Gasteiger partial charge is 2.00 e. The Bertz CT molecular complexity index is 1200. The predicted octanol–water partition coefficient (Wildman–Crippen LogP) is 4.62. The smallest absolute Gasteiger partial charge is 0.343 e. The third kappa shape index (κ3) is 5.00. The molecule has 4 aromatic heterocycles. The van der Waals surface area contributed by atoms with Gasteiger partial charge in [0.05, 0.1) is 23.0 Å². The summed E-state index contributed by atoms with van der Waals surface area (Å²) in [6, 6.07) is 7.42. The Morgan fingerprint density at radius 2 is 0.971 bits per heavy atom. The number of halogens is 8. The van der Waals surface area contributed by atoms with Crippen molar-refractivity contribution in [3.05, 3.63) is 83.7 Å². The fourth-order valence-electron chi connectivity index (χ4n) is 2.65. The first-order chi connectivity index (χ1) is 15.4. The van der Waals surface area contributed by atoms with Crippen molar-refractivity contribution in [3.8, 4) is 11.6 Å². The standard InChI is InChI=1S/C19H8F8N6.Pd/c20-17(21,11-3-1-5-15(28-11)32-9-7-13(30-32)18(22,23)24)12-4-2-6-16(29-12)33-10-8-14(31-33)19(25,26)27;/h1-8H;/q-2;+2. The van der Waals surface area contributed by atoms with Crippen LogP contribution in [0.3, 0.4) is 0 Å². The van der Waals surface area contributed by atoms with Crippen LogP contribution in [0.2, 0.25) is 0 Å². The number of hydrogen-bond donors (Lipinski definition) is 0. The second-order valence-corrected chi connectivity index (χ2v) is 6.47. The predicted molar refractivity (Wildman–Crippen MR) is 93.4 cm³/mol. The van der Waals surface area contributed by atoms with Gasteiger partial charge in [0.25, 0.3) is 0 Å². The molecule has 0 bridgehead atoms. The van der Waals surface area contributed by atoms with E-state index in [1.54, 1.807) is 0 Å². The SMILES string of the molecule is FC(F)(F)c1c[c-]n(-c2cccc(C(F)(F)c3cccc(-n4[c-]cc(C(F)(F)F)n4)n3)n2)n1.[Pd+2].